The Bertz CT molecular complexity index is 463. The molecular formula is C12H13N3O2. The van der Waals surface area contributed by atoms with Crippen molar-refractivity contribution in [3.05, 3.63) is 23.9 Å². The molecule has 1 aromatic heterocycles. The molecule has 1 aromatic rings. The first kappa shape index (κ1) is 11.4. The minimum absolute atomic E-state index is 0.0616. The molecule has 0 amide bonds. The molecule has 0 saturated heterocycles. The Labute approximate surface area is 99.1 Å². The Balaban J connectivity index is 2.11. The highest BCUT2D eigenvalue weighted by atomic mass is 16.4. The van der Waals surface area contributed by atoms with Crippen LogP contribution in [-0.4, -0.2) is 22.1 Å². The molecule has 2 rings (SSSR count). The Kier molecular flexibility index (Phi) is 3.24. The molecule has 17 heavy (non-hydrogen) atoms. The summed E-state index contributed by atoms with van der Waals surface area (Å²) in [5, 5.41) is 20.8. The van der Waals surface area contributed by atoms with Crippen molar-refractivity contribution in [2.75, 3.05) is 5.32 Å². The summed E-state index contributed by atoms with van der Waals surface area (Å²) in [6, 6.07) is 5.27. The van der Waals surface area contributed by atoms with Gasteiger partial charge in [0, 0.05) is 12.2 Å². The zero-order valence-corrected chi connectivity index (χ0v) is 9.26. The fraction of sp³-hybridized carbons (Fsp3) is 0.417. The van der Waals surface area contributed by atoms with E-state index in [1.807, 2.05) is 6.07 Å². The number of nitrogens with zero attached hydrogens (tertiary/aromatic N) is 2. The molecular weight excluding hydrogens is 218 g/mol. The van der Waals surface area contributed by atoms with Crippen molar-refractivity contribution in [2.24, 2.45) is 5.92 Å². The van der Waals surface area contributed by atoms with Gasteiger partial charge in [0.05, 0.1) is 12.0 Å². The van der Waals surface area contributed by atoms with Crippen LogP contribution in [0.4, 0.5) is 5.82 Å². The summed E-state index contributed by atoms with van der Waals surface area (Å²) < 4.78 is 0. The Morgan fingerprint density at radius 2 is 2.47 bits per heavy atom. The SMILES string of the molecule is N#Cc1cccnc1NC(CC(=O)O)C1CC1. The molecule has 88 valence electrons. The minimum atomic E-state index is -0.830. The summed E-state index contributed by atoms with van der Waals surface area (Å²) >= 11 is 0. The number of nitrogens with one attached hydrogen (secondary N) is 1. The van der Waals surface area contributed by atoms with E-state index in [1.54, 1.807) is 18.3 Å². The van der Waals surface area contributed by atoms with Crippen LogP contribution in [0.2, 0.25) is 0 Å². The van der Waals surface area contributed by atoms with E-state index in [1.165, 1.54) is 0 Å². The highest BCUT2D eigenvalue weighted by Gasteiger charge is 2.33. The second-order valence-corrected chi connectivity index (χ2v) is 4.20. The van der Waals surface area contributed by atoms with Crippen LogP contribution < -0.4 is 5.32 Å². The topological polar surface area (TPSA) is 86.0 Å². The van der Waals surface area contributed by atoms with Crippen molar-refractivity contribution >= 4 is 11.8 Å². The number of rotatable bonds is 5. The van der Waals surface area contributed by atoms with E-state index < -0.39 is 5.97 Å². The molecule has 1 saturated carbocycles. The number of aromatic nitrogens is 1. The third-order valence-corrected chi connectivity index (χ3v) is 2.84. The maximum absolute atomic E-state index is 10.8. The number of nitriles is 1. The highest BCUT2D eigenvalue weighted by molar-refractivity contribution is 5.68. The fourth-order valence-corrected chi connectivity index (χ4v) is 1.81. The van der Waals surface area contributed by atoms with Gasteiger partial charge in [0.2, 0.25) is 0 Å². The van der Waals surface area contributed by atoms with Crippen LogP contribution in [0.25, 0.3) is 0 Å². The lowest BCUT2D eigenvalue weighted by Gasteiger charge is -2.17. The maximum Gasteiger partial charge on any atom is 0.305 e. The first-order chi connectivity index (χ1) is 8.20. The molecule has 1 fully saturated rings. The lowest BCUT2D eigenvalue weighted by molar-refractivity contribution is -0.137. The molecule has 0 radical (unpaired) electrons. The van der Waals surface area contributed by atoms with Gasteiger partial charge >= 0.3 is 5.97 Å². The average Bonchev–Trinajstić information content (AvgIpc) is 3.12. The predicted octanol–water partition coefficient (Wildman–Crippen LogP) is 1.62. The molecule has 1 aliphatic carbocycles. The van der Waals surface area contributed by atoms with E-state index in [-0.39, 0.29) is 12.5 Å². The third-order valence-electron chi connectivity index (χ3n) is 2.84. The Morgan fingerprint density at radius 3 is 3.06 bits per heavy atom. The lowest BCUT2D eigenvalue weighted by Crippen LogP contribution is -2.26. The van der Waals surface area contributed by atoms with Gasteiger partial charge in [-0.05, 0) is 30.9 Å². The third kappa shape index (κ3) is 2.94. The summed E-state index contributed by atoms with van der Waals surface area (Å²) in [6.07, 6.45) is 3.74. The summed E-state index contributed by atoms with van der Waals surface area (Å²) in [7, 11) is 0. The molecule has 0 aliphatic heterocycles. The molecule has 0 aromatic carbocycles. The molecule has 5 nitrogen and oxygen atoms in total. The molecule has 2 N–H and O–H groups in total. The standard InChI is InChI=1S/C12H13N3O2/c13-7-9-2-1-5-14-12(9)15-10(6-11(16)17)8-3-4-8/h1-2,5,8,10H,3-4,6H2,(H,14,15)(H,16,17). The number of aliphatic carboxylic acids is 1. The van der Waals surface area contributed by atoms with Gasteiger partial charge in [-0.3, -0.25) is 4.79 Å². The fourth-order valence-electron chi connectivity index (χ4n) is 1.81. The molecule has 0 spiro atoms. The van der Waals surface area contributed by atoms with Gasteiger partial charge in [0.15, 0.2) is 0 Å². The van der Waals surface area contributed by atoms with Gasteiger partial charge < -0.3 is 10.4 Å². The van der Waals surface area contributed by atoms with E-state index in [2.05, 4.69) is 10.3 Å². The highest BCUT2D eigenvalue weighted by Crippen LogP contribution is 2.35. The van der Waals surface area contributed by atoms with Crippen LogP contribution in [0, 0.1) is 17.2 Å². The van der Waals surface area contributed by atoms with E-state index in [0.29, 0.717) is 17.3 Å². The van der Waals surface area contributed by atoms with Crippen LogP contribution in [0.15, 0.2) is 18.3 Å². The number of anilines is 1. The van der Waals surface area contributed by atoms with Crippen molar-refractivity contribution in [1.82, 2.24) is 4.98 Å². The Morgan fingerprint density at radius 1 is 1.71 bits per heavy atom. The molecule has 5 heteroatoms. The normalized spacial score (nSPS) is 15.9. The van der Waals surface area contributed by atoms with Gasteiger partial charge in [0.25, 0.3) is 0 Å². The van der Waals surface area contributed by atoms with Crippen molar-refractivity contribution in [1.29, 1.82) is 5.26 Å². The number of carbonyl (C=O) groups is 1. The van der Waals surface area contributed by atoms with Crippen molar-refractivity contribution in [3.63, 3.8) is 0 Å². The van der Waals surface area contributed by atoms with Crippen LogP contribution in [0.1, 0.15) is 24.8 Å². The van der Waals surface area contributed by atoms with Crippen molar-refractivity contribution < 1.29 is 9.90 Å². The van der Waals surface area contributed by atoms with E-state index in [4.69, 9.17) is 10.4 Å². The van der Waals surface area contributed by atoms with E-state index >= 15 is 0 Å². The summed E-state index contributed by atoms with van der Waals surface area (Å²) in [5.41, 5.74) is 0.448. The second-order valence-electron chi connectivity index (χ2n) is 4.20. The predicted molar refractivity (Wildman–Crippen MR) is 61.3 cm³/mol. The average molecular weight is 231 g/mol. The van der Waals surface area contributed by atoms with Gasteiger partial charge in [-0.25, -0.2) is 4.98 Å². The molecule has 1 heterocycles. The molecule has 1 unspecified atom stereocenters. The lowest BCUT2D eigenvalue weighted by atomic mass is 10.1. The van der Waals surface area contributed by atoms with Gasteiger partial charge in [-0.15, -0.1) is 0 Å². The molecule has 1 aliphatic rings. The Hall–Kier alpha value is -2.09. The van der Waals surface area contributed by atoms with E-state index in [9.17, 15) is 4.79 Å². The maximum atomic E-state index is 10.8. The number of pyridine rings is 1. The first-order valence-corrected chi connectivity index (χ1v) is 5.54. The zero-order valence-electron chi connectivity index (χ0n) is 9.26. The second kappa shape index (κ2) is 4.83. The number of carboxylic acid groups (broad SMARTS) is 1. The summed E-state index contributed by atoms with van der Waals surface area (Å²) in [6.45, 7) is 0. The molecule has 0 bridgehead atoms. The molecule has 1 atom stereocenters. The van der Waals surface area contributed by atoms with E-state index in [0.717, 1.165) is 12.8 Å². The van der Waals surface area contributed by atoms with Crippen molar-refractivity contribution in [3.8, 4) is 6.07 Å². The van der Waals surface area contributed by atoms with Crippen LogP contribution >= 0.6 is 0 Å². The van der Waals surface area contributed by atoms with Crippen LogP contribution in [0.3, 0.4) is 0 Å². The zero-order chi connectivity index (χ0) is 12.3. The summed E-state index contributed by atoms with van der Waals surface area (Å²) in [4.78, 5) is 14.8. The van der Waals surface area contributed by atoms with Crippen molar-refractivity contribution in [2.45, 2.75) is 25.3 Å². The van der Waals surface area contributed by atoms with Crippen LogP contribution in [0.5, 0.6) is 0 Å². The van der Waals surface area contributed by atoms with Gasteiger partial charge in [0.1, 0.15) is 11.9 Å². The van der Waals surface area contributed by atoms with Crippen LogP contribution in [-0.2, 0) is 4.79 Å². The van der Waals surface area contributed by atoms with Gasteiger partial charge in [-0.2, -0.15) is 5.26 Å². The monoisotopic (exact) mass is 231 g/mol. The van der Waals surface area contributed by atoms with Gasteiger partial charge in [-0.1, -0.05) is 0 Å². The first-order valence-electron chi connectivity index (χ1n) is 5.54. The number of hydrogen-bond acceptors (Lipinski definition) is 4. The summed E-state index contributed by atoms with van der Waals surface area (Å²) in [5.74, 6) is 0.0386. The number of hydrogen-bond donors (Lipinski definition) is 2. The number of carboxylic acids is 1. The minimum Gasteiger partial charge on any atom is -0.481 e. The largest absolute Gasteiger partial charge is 0.481 e. The quantitative estimate of drug-likeness (QED) is 0.804. The smallest absolute Gasteiger partial charge is 0.305 e.